The number of hydrogen-bond donors (Lipinski definition) is 1. The van der Waals surface area contributed by atoms with Crippen LogP contribution >= 0.6 is 0 Å². The highest BCUT2D eigenvalue weighted by Gasteiger charge is 2.39. The van der Waals surface area contributed by atoms with Crippen LogP contribution < -0.4 is 4.57 Å². The topological polar surface area (TPSA) is 41.9 Å². The molecule has 0 saturated heterocycles. The molecule has 1 rings (SSSR count). The molecule has 22 heavy (non-hydrogen) atoms. The van der Waals surface area contributed by atoms with Gasteiger partial charge in [0.1, 0.15) is 13.1 Å². The minimum Gasteiger partial charge on any atom is -0.381 e. The van der Waals surface area contributed by atoms with Crippen LogP contribution in [0.3, 0.4) is 0 Å². The first kappa shape index (κ1) is 18.9. The van der Waals surface area contributed by atoms with Crippen LogP contribution in [-0.2, 0) is 13.1 Å². The number of aromatic nitrogens is 3. The van der Waals surface area contributed by atoms with Crippen LogP contribution in [0.4, 0.5) is 13.2 Å². The van der Waals surface area contributed by atoms with E-state index in [4.69, 9.17) is 5.11 Å². The maximum atomic E-state index is 12.2. The SMILES string of the molecule is CCCCCCCCCCn1c[n+](CC(O)C(F)(F)F)cn1. The zero-order valence-electron chi connectivity index (χ0n) is 13.2. The third-order valence-electron chi connectivity index (χ3n) is 3.63. The fourth-order valence-corrected chi connectivity index (χ4v) is 2.28. The van der Waals surface area contributed by atoms with Crippen molar-refractivity contribution < 1.29 is 22.8 Å². The lowest BCUT2D eigenvalue weighted by atomic mass is 10.1. The molecule has 1 heterocycles. The van der Waals surface area contributed by atoms with Crippen molar-refractivity contribution >= 4 is 0 Å². The summed E-state index contributed by atoms with van der Waals surface area (Å²) in [7, 11) is 0. The molecule has 1 aromatic rings. The largest absolute Gasteiger partial charge is 0.417 e. The van der Waals surface area contributed by atoms with Gasteiger partial charge in [-0.05, 0) is 6.42 Å². The fraction of sp³-hybridized carbons (Fsp3) is 0.867. The second-order valence-electron chi connectivity index (χ2n) is 5.74. The van der Waals surface area contributed by atoms with E-state index in [1.165, 1.54) is 55.7 Å². The van der Waals surface area contributed by atoms with Crippen LogP contribution in [-0.4, -0.2) is 27.2 Å². The normalized spacial score (nSPS) is 13.5. The zero-order valence-corrected chi connectivity index (χ0v) is 13.2. The summed E-state index contributed by atoms with van der Waals surface area (Å²) < 4.78 is 39.6. The molecule has 7 heteroatoms. The van der Waals surface area contributed by atoms with E-state index in [9.17, 15) is 13.2 Å². The molecule has 4 nitrogen and oxygen atoms in total. The van der Waals surface area contributed by atoms with Crippen molar-refractivity contribution in [2.75, 3.05) is 0 Å². The van der Waals surface area contributed by atoms with Crippen molar-refractivity contribution in [2.24, 2.45) is 0 Å². The van der Waals surface area contributed by atoms with Gasteiger partial charge >= 0.3 is 6.18 Å². The van der Waals surface area contributed by atoms with E-state index in [0.29, 0.717) is 6.54 Å². The molecular formula is C15H27F3N3O+. The highest BCUT2D eigenvalue weighted by atomic mass is 19.4. The Hall–Kier alpha value is -1.11. The summed E-state index contributed by atoms with van der Waals surface area (Å²) in [5.74, 6) is 0. The van der Waals surface area contributed by atoms with Gasteiger partial charge in [0.2, 0.25) is 6.33 Å². The number of alkyl halides is 3. The van der Waals surface area contributed by atoms with Gasteiger partial charge in [0.15, 0.2) is 6.10 Å². The Morgan fingerprint density at radius 3 is 2.27 bits per heavy atom. The average Bonchev–Trinajstić information content (AvgIpc) is 2.88. The molecule has 1 N–H and O–H groups in total. The van der Waals surface area contributed by atoms with Crippen LogP contribution in [0.1, 0.15) is 58.3 Å². The summed E-state index contributed by atoms with van der Waals surface area (Å²) in [5.41, 5.74) is 0. The van der Waals surface area contributed by atoms with E-state index in [-0.39, 0.29) is 0 Å². The molecule has 1 atom stereocenters. The van der Waals surface area contributed by atoms with Gasteiger partial charge in [-0.25, -0.2) is 4.57 Å². The van der Waals surface area contributed by atoms with E-state index < -0.39 is 18.8 Å². The number of aliphatic hydroxyl groups excluding tert-OH is 1. The fourth-order valence-electron chi connectivity index (χ4n) is 2.28. The van der Waals surface area contributed by atoms with Crippen molar-refractivity contribution in [3.05, 3.63) is 12.7 Å². The van der Waals surface area contributed by atoms with E-state index in [2.05, 4.69) is 12.0 Å². The molecule has 0 spiro atoms. The average molecular weight is 322 g/mol. The number of halogens is 3. The summed E-state index contributed by atoms with van der Waals surface area (Å²) in [6, 6.07) is 0. The monoisotopic (exact) mass is 322 g/mol. The first-order valence-corrected chi connectivity index (χ1v) is 8.09. The minimum atomic E-state index is -4.59. The quantitative estimate of drug-likeness (QED) is 0.502. The van der Waals surface area contributed by atoms with E-state index in [1.807, 2.05) is 0 Å². The lowest BCUT2D eigenvalue weighted by Crippen LogP contribution is -2.44. The number of nitrogens with zero attached hydrogens (tertiary/aromatic N) is 3. The third kappa shape index (κ3) is 7.77. The predicted molar refractivity (Wildman–Crippen MR) is 77.1 cm³/mol. The number of unbranched alkanes of at least 4 members (excludes halogenated alkanes) is 7. The van der Waals surface area contributed by atoms with Gasteiger partial charge in [0, 0.05) is 5.10 Å². The maximum absolute atomic E-state index is 12.2. The molecule has 0 radical (unpaired) electrons. The summed E-state index contributed by atoms with van der Waals surface area (Å²) in [6.07, 6.45) is 5.55. The first-order valence-electron chi connectivity index (χ1n) is 8.09. The van der Waals surface area contributed by atoms with Gasteiger partial charge in [-0.2, -0.15) is 13.2 Å². The summed E-state index contributed by atoms with van der Waals surface area (Å²) >= 11 is 0. The van der Waals surface area contributed by atoms with Crippen molar-refractivity contribution in [1.29, 1.82) is 0 Å². The zero-order chi connectivity index (χ0) is 16.4. The molecule has 0 saturated carbocycles. The molecule has 128 valence electrons. The highest BCUT2D eigenvalue weighted by molar-refractivity contribution is 4.60. The molecule has 1 aromatic heterocycles. The van der Waals surface area contributed by atoms with Gasteiger partial charge in [-0.15, -0.1) is 4.68 Å². The van der Waals surface area contributed by atoms with Crippen molar-refractivity contribution in [2.45, 2.75) is 83.7 Å². The Bertz CT molecular complexity index is 407. The molecule has 0 fully saturated rings. The summed E-state index contributed by atoms with van der Waals surface area (Å²) in [4.78, 5) is 0. The van der Waals surface area contributed by atoms with Crippen molar-refractivity contribution in [3.63, 3.8) is 0 Å². The van der Waals surface area contributed by atoms with Crippen LogP contribution in [0.15, 0.2) is 12.7 Å². The Labute approximate surface area is 130 Å². The van der Waals surface area contributed by atoms with E-state index in [1.54, 1.807) is 4.68 Å². The smallest absolute Gasteiger partial charge is 0.381 e. The Kier molecular flexibility index (Phi) is 8.45. The van der Waals surface area contributed by atoms with E-state index in [0.717, 1.165) is 12.8 Å². The number of rotatable bonds is 11. The summed E-state index contributed by atoms with van der Waals surface area (Å²) in [6.45, 7) is 2.38. The van der Waals surface area contributed by atoms with Crippen LogP contribution in [0.25, 0.3) is 0 Å². The number of aliphatic hydroxyl groups is 1. The minimum absolute atomic E-state index is 0.513. The molecule has 0 aliphatic rings. The number of aryl methyl sites for hydroxylation is 1. The van der Waals surface area contributed by atoms with Crippen LogP contribution in [0, 0.1) is 0 Å². The van der Waals surface area contributed by atoms with Gasteiger partial charge in [-0.3, -0.25) is 0 Å². The Morgan fingerprint density at radius 2 is 1.68 bits per heavy atom. The molecule has 0 aliphatic carbocycles. The predicted octanol–water partition coefficient (Wildman–Crippen LogP) is 3.23. The highest BCUT2D eigenvalue weighted by Crippen LogP contribution is 2.19. The maximum Gasteiger partial charge on any atom is 0.417 e. The standard InChI is InChI=1S/C15H27F3N3O/c1-2-3-4-5-6-7-8-9-10-21-13-20(12-19-21)11-14(22)15(16,17)18/h12-14,22H,2-11H2,1H3/q+1. The van der Waals surface area contributed by atoms with Gasteiger partial charge in [0.25, 0.3) is 6.33 Å². The van der Waals surface area contributed by atoms with Crippen LogP contribution in [0.2, 0.25) is 0 Å². The molecule has 0 aliphatic heterocycles. The molecule has 0 bridgehead atoms. The molecule has 0 aromatic carbocycles. The second kappa shape index (κ2) is 9.82. The van der Waals surface area contributed by atoms with Crippen molar-refractivity contribution in [3.8, 4) is 0 Å². The van der Waals surface area contributed by atoms with Crippen molar-refractivity contribution in [1.82, 2.24) is 9.78 Å². The Balaban J connectivity index is 2.15. The Morgan fingerprint density at radius 1 is 1.09 bits per heavy atom. The van der Waals surface area contributed by atoms with Gasteiger partial charge < -0.3 is 5.11 Å². The second-order valence-corrected chi connectivity index (χ2v) is 5.74. The summed E-state index contributed by atoms with van der Waals surface area (Å²) in [5, 5.41) is 13.0. The third-order valence-corrected chi connectivity index (χ3v) is 3.63. The van der Waals surface area contributed by atoms with Gasteiger partial charge in [0.05, 0.1) is 0 Å². The van der Waals surface area contributed by atoms with E-state index >= 15 is 0 Å². The van der Waals surface area contributed by atoms with Crippen LogP contribution in [0.5, 0.6) is 0 Å². The lowest BCUT2D eigenvalue weighted by molar-refractivity contribution is -0.708. The molecular weight excluding hydrogens is 295 g/mol. The molecule has 0 amide bonds. The number of hydrogen-bond acceptors (Lipinski definition) is 2. The molecule has 1 unspecified atom stereocenters. The first-order chi connectivity index (χ1) is 10.4. The van der Waals surface area contributed by atoms with Gasteiger partial charge in [-0.1, -0.05) is 51.9 Å². The lowest BCUT2D eigenvalue weighted by Gasteiger charge is -2.11.